The fraction of sp³-hybridized carbons (Fsp3) is 0.500. The van der Waals surface area contributed by atoms with Gasteiger partial charge in [0.1, 0.15) is 12.4 Å². The molecule has 7 rings (SSSR count). The number of aromatic nitrogens is 4. The maximum absolute atomic E-state index is 15.7. The lowest BCUT2D eigenvalue weighted by molar-refractivity contribution is -0.140. The number of fused-ring (bicyclic) bond motifs is 3. The molecule has 276 valence electrons. The first-order chi connectivity index (χ1) is 24.7. The van der Waals surface area contributed by atoms with Gasteiger partial charge in [-0.3, -0.25) is 14.4 Å². The average molecular weight is 724 g/mol. The van der Waals surface area contributed by atoms with Gasteiger partial charge in [-0.15, -0.1) is 5.92 Å². The Morgan fingerprint density at radius 2 is 1.98 bits per heavy atom. The zero-order valence-corrected chi connectivity index (χ0v) is 29.4. The van der Waals surface area contributed by atoms with Crippen molar-refractivity contribution in [1.29, 1.82) is 0 Å². The molecule has 6 heterocycles. The number of alkyl halides is 3. The van der Waals surface area contributed by atoms with E-state index in [2.05, 4.69) is 28.4 Å². The molecule has 12 nitrogen and oxygen atoms in total. The molecule has 4 aliphatic rings. The second-order valence-corrected chi connectivity index (χ2v) is 14.1. The molecule has 16 heteroatoms. The van der Waals surface area contributed by atoms with Crippen LogP contribution in [-0.4, -0.2) is 81.3 Å². The van der Waals surface area contributed by atoms with Crippen molar-refractivity contribution < 1.29 is 31.8 Å². The van der Waals surface area contributed by atoms with E-state index in [-0.39, 0.29) is 48.4 Å². The van der Waals surface area contributed by atoms with E-state index in [9.17, 15) is 18.0 Å². The van der Waals surface area contributed by atoms with Crippen molar-refractivity contribution in [2.75, 3.05) is 56.7 Å². The van der Waals surface area contributed by atoms with Gasteiger partial charge in [-0.1, -0.05) is 18.1 Å². The van der Waals surface area contributed by atoms with Gasteiger partial charge in [0, 0.05) is 56.8 Å². The van der Waals surface area contributed by atoms with Crippen molar-refractivity contribution in [2.45, 2.75) is 76.5 Å². The first-order valence-corrected chi connectivity index (χ1v) is 17.2. The number of ether oxygens (including phenoxy) is 2. The molecule has 3 aromatic rings. The van der Waals surface area contributed by atoms with Gasteiger partial charge < -0.3 is 30.7 Å². The van der Waals surface area contributed by atoms with Gasteiger partial charge in [0.25, 0.3) is 5.91 Å². The third-order valence-electron chi connectivity index (χ3n) is 10.4. The minimum absolute atomic E-state index is 0.0453. The van der Waals surface area contributed by atoms with Gasteiger partial charge in [-0.25, -0.2) is 4.39 Å². The summed E-state index contributed by atoms with van der Waals surface area (Å²) in [6, 6.07) is 0.946. The van der Waals surface area contributed by atoms with Crippen LogP contribution in [0.25, 0.3) is 0 Å². The van der Waals surface area contributed by atoms with Gasteiger partial charge in [0.2, 0.25) is 0 Å². The minimum atomic E-state index is -4.95. The highest BCUT2D eigenvalue weighted by Gasteiger charge is 2.47. The largest absolute Gasteiger partial charge is 0.461 e. The summed E-state index contributed by atoms with van der Waals surface area (Å²) in [5, 5.41) is 4.51. The van der Waals surface area contributed by atoms with Crippen LogP contribution in [0.15, 0.2) is 18.2 Å². The predicted octanol–water partition coefficient (Wildman–Crippen LogP) is 4.47. The zero-order valence-electron chi connectivity index (χ0n) is 29.4. The Morgan fingerprint density at radius 1 is 1.19 bits per heavy atom. The van der Waals surface area contributed by atoms with Crippen LogP contribution in [0.1, 0.15) is 82.8 Å². The van der Waals surface area contributed by atoms with Crippen LogP contribution in [0, 0.1) is 17.7 Å². The molecule has 4 aliphatic heterocycles. The Balaban J connectivity index is 1.30. The van der Waals surface area contributed by atoms with E-state index in [0.717, 1.165) is 44.0 Å². The molecule has 0 unspecified atom stereocenters. The van der Waals surface area contributed by atoms with Crippen LogP contribution in [-0.2, 0) is 37.0 Å². The number of anilines is 3. The Morgan fingerprint density at radius 3 is 2.71 bits per heavy atom. The monoisotopic (exact) mass is 723 g/mol. The van der Waals surface area contributed by atoms with Crippen LogP contribution in [0.4, 0.5) is 34.8 Å². The lowest BCUT2D eigenvalue weighted by atomic mass is 9.91. The van der Waals surface area contributed by atoms with Crippen molar-refractivity contribution >= 4 is 23.1 Å². The Hall–Kier alpha value is -4.88. The second-order valence-electron chi connectivity index (χ2n) is 14.1. The molecule has 2 saturated heterocycles. The molecule has 0 aliphatic carbocycles. The maximum atomic E-state index is 15.7. The summed E-state index contributed by atoms with van der Waals surface area (Å²) in [6.07, 6.45) is -3.21. The lowest BCUT2D eigenvalue weighted by Gasteiger charge is -2.33. The molecule has 2 aromatic heterocycles. The number of benzene rings is 1. The Kier molecular flexibility index (Phi) is 9.06. The van der Waals surface area contributed by atoms with E-state index < -0.39 is 40.5 Å². The van der Waals surface area contributed by atoms with Crippen LogP contribution in [0.2, 0.25) is 0 Å². The number of aryl methyl sites for hydroxylation is 1. The SMILES string of the molecule is C=C1CN2CCC[C@]2(COc2nc3c(c(N4CCCn5nc(C(=O)N(C)C)c(N)c5C4)n2)CO[C@@H](c2c(F)c(N)cc(C#CC)c2C(F)(F)F)C3)C1. The summed E-state index contributed by atoms with van der Waals surface area (Å²) in [5.74, 6) is 3.81. The Labute approximate surface area is 298 Å². The number of rotatable bonds is 6. The summed E-state index contributed by atoms with van der Waals surface area (Å²) >= 11 is 0. The molecule has 1 amide bonds. The number of nitrogens with two attached hydrogens (primary N) is 2. The van der Waals surface area contributed by atoms with Crippen molar-refractivity contribution in [2.24, 2.45) is 0 Å². The average Bonchev–Trinajstić information content (AvgIpc) is 3.66. The molecule has 2 atom stereocenters. The molecular weight excluding hydrogens is 682 g/mol. The summed E-state index contributed by atoms with van der Waals surface area (Å²) < 4.78 is 73.7. The number of carbonyl (C=O) groups excluding carboxylic acids is 1. The molecule has 1 aromatic carbocycles. The number of nitrogens with zero attached hydrogens (tertiary/aromatic N) is 7. The van der Waals surface area contributed by atoms with E-state index in [1.165, 1.54) is 11.8 Å². The molecular formula is C36H41F4N9O3. The minimum Gasteiger partial charge on any atom is -0.461 e. The lowest BCUT2D eigenvalue weighted by Crippen LogP contribution is -2.43. The summed E-state index contributed by atoms with van der Waals surface area (Å²) in [5.41, 5.74) is 12.4. The number of hydrogen-bond donors (Lipinski definition) is 2. The predicted molar refractivity (Wildman–Crippen MR) is 185 cm³/mol. The highest BCUT2D eigenvalue weighted by atomic mass is 19.4. The van der Waals surface area contributed by atoms with E-state index >= 15 is 4.39 Å². The van der Waals surface area contributed by atoms with Crippen LogP contribution >= 0.6 is 0 Å². The quantitative estimate of drug-likeness (QED) is 0.162. The molecule has 52 heavy (non-hydrogen) atoms. The van der Waals surface area contributed by atoms with Gasteiger partial charge >= 0.3 is 12.2 Å². The van der Waals surface area contributed by atoms with Crippen LogP contribution in [0.5, 0.6) is 6.01 Å². The fourth-order valence-electron chi connectivity index (χ4n) is 8.01. The van der Waals surface area contributed by atoms with Crippen LogP contribution in [0.3, 0.4) is 0 Å². The van der Waals surface area contributed by atoms with Crippen molar-refractivity contribution in [3.8, 4) is 17.9 Å². The number of nitrogen functional groups attached to an aromatic ring is 2. The smallest absolute Gasteiger partial charge is 0.418 e. The van der Waals surface area contributed by atoms with Crippen molar-refractivity contribution in [3.05, 3.63) is 63.4 Å². The third-order valence-corrected chi connectivity index (χ3v) is 10.4. The van der Waals surface area contributed by atoms with Gasteiger partial charge in [-0.05, 0) is 45.2 Å². The standard InChI is InChI=1S/C36H41F4N9O3/c1-5-8-21-13-23(41)29(37)27(28(21)36(38,39)40)26-14-24-22(18-51-26)32(44-34(43-24)52-19-35-9-6-11-48(35)16-20(2)15-35)47-10-7-12-49-25(17-47)30(42)31(45-49)33(50)46(3)4/h13,26H,2,6-7,9-12,14-19,41-42H2,1,3-4H3/t26-,35-/m1/s1. The first-order valence-electron chi connectivity index (χ1n) is 17.2. The molecule has 2 fully saturated rings. The third kappa shape index (κ3) is 6.19. The highest BCUT2D eigenvalue weighted by molar-refractivity contribution is 5.97. The summed E-state index contributed by atoms with van der Waals surface area (Å²) in [7, 11) is 3.25. The maximum Gasteiger partial charge on any atom is 0.418 e. The number of amides is 1. The molecule has 0 spiro atoms. The topological polar surface area (TPSA) is 141 Å². The van der Waals surface area contributed by atoms with Gasteiger partial charge in [0.15, 0.2) is 11.5 Å². The second kappa shape index (κ2) is 13.3. The van der Waals surface area contributed by atoms with Crippen molar-refractivity contribution in [3.63, 3.8) is 0 Å². The van der Waals surface area contributed by atoms with Crippen molar-refractivity contribution in [1.82, 2.24) is 29.5 Å². The normalized spacial score (nSPS) is 21.6. The van der Waals surface area contributed by atoms with Gasteiger partial charge in [-0.2, -0.15) is 28.2 Å². The van der Waals surface area contributed by atoms with E-state index in [1.807, 2.05) is 4.90 Å². The highest BCUT2D eigenvalue weighted by Crippen LogP contribution is 2.45. The van der Waals surface area contributed by atoms with Gasteiger partial charge in [0.05, 0.1) is 53.1 Å². The number of carbonyl (C=O) groups is 1. The summed E-state index contributed by atoms with van der Waals surface area (Å²) in [6.45, 7) is 8.61. The number of hydrogen-bond acceptors (Lipinski definition) is 10. The first kappa shape index (κ1) is 35.5. The molecule has 0 radical (unpaired) electrons. The molecule has 4 N–H and O–H groups in total. The van der Waals surface area contributed by atoms with E-state index in [4.69, 9.17) is 30.9 Å². The van der Waals surface area contributed by atoms with Crippen LogP contribution < -0.4 is 21.1 Å². The fourth-order valence-corrected chi connectivity index (χ4v) is 8.01. The summed E-state index contributed by atoms with van der Waals surface area (Å²) in [4.78, 5) is 28.2. The number of halogens is 4. The zero-order chi connectivity index (χ0) is 37.1. The molecule has 0 saturated carbocycles. The molecule has 0 bridgehead atoms. The Bertz CT molecular complexity index is 2020. The van der Waals surface area contributed by atoms with E-state index in [1.54, 1.807) is 18.8 Å². The van der Waals surface area contributed by atoms with E-state index in [0.29, 0.717) is 48.9 Å².